The molecule has 1 aliphatic rings. The quantitative estimate of drug-likeness (QED) is 0.396. The van der Waals surface area contributed by atoms with Crippen LogP contribution in [0.4, 0.5) is 0 Å². The minimum absolute atomic E-state index is 0.0643. The lowest BCUT2D eigenvalue weighted by Crippen LogP contribution is -2.13. The van der Waals surface area contributed by atoms with Gasteiger partial charge in [-0.05, 0) is 67.8 Å². The highest BCUT2D eigenvalue weighted by Gasteiger charge is 2.22. The highest BCUT2D eigenvalue weighted by atomic mass is 16.3. The van der Waals surface area contributed by atoms with Crippen molar-refractivity contribution < 1.29 is 5.11 Å². The third kappa shape index (κ3) is 4.27. The summed E-state index contributed by atoms with van der Waals surface area (Å²) in [6.07, 6.45) is 6.10. The van der Waals surface area contributed by atoms with Crippen molar-refractivity contribution in [2.24, 2.45) is 5.73 Å². The number of hydrogen-bond acceptors (Lipinski definition) is 6. The normalized spacial score (nSPS) is 17.0. The molecule has 1 saturated heterocycles. The van der Waals surface area contributed by atoms with Gasteiger partial charge in [0.25, 0.3) is 0 Å². The van der Waals surface area contributed by atoms with Gasteiger partial charge < -0.3 is 16.2 Å². The monoisotopic (exact) mass is 442 g/mol. The molecule has 4 N–H and O–H groups in total. The van der Waals surface area contributed by atoms with Gasteiger partial charge in [-0.25, -0.2) is 9.67 Å². The van der Waals surface area contributed by atoms with E-state index in [0.29, 0.717) is 11.5 Å². The first-order chi connectivity index (χ1) is 16.2. The van der Waals surface area contributed by atoms with Crippen LogP contribution >= 0.6 is 0 Å². The number of rotatable bonds is 7. The summed E-state index contributed by atoms with van der Waals surface area (Å²) >= 11 is 0. The molecular formula is C26H30N6O. The van der Waals surface area contributed by atoms with Gasteiger partial charge in [0.05, 0.1) is 35.4 Å². The molecule has 7 nitrogen and oxygen atoms in total. The minimum Gasteiger partial charge on any atom is -0.390 e. The van der Waals surface area contributed by atoms with Gasteiger partial charge in [-0.1, -0.05) is 25.5 Å². The van der Waals surface area contributed by atoms with Gasteiger partial charge >= 0.3 is 0 Å². The van der Waals surface area contributed by atoms with Gasteiger partial charge in [-0.3, -0.25) is 4.98 Å². The standard InChI is InChI=1S/C26H30N6O/c1-2-6-21(27)24-9-4-8-22(31-24)17-13-19(23-10-5-12-28-23)20-15-29-32(25(20)14-17)26-11-3-7-18(16-33)30-26/h3-4,7-9,11,13-15,21,23,28,33H,2,5-6,10,12,16,27H2,1H3/t21-,23?/m0/s1. The SMILES string of the molecule is CCC[C@H](N)c1cccc(-c2cc(C3CCCN3)c3cnn(-c4cccc(CO)n4)c3c2)n1. The molecule has 1 aromatic carbocycles. The number of benzene rings is 1. The molecule has 170 valence electrons. The van der Waals surface area contributed by atoms with Crippen LogP contribution in [0, 0.1) is 0 Å². The lowest BCUT2D eigenvalue weighted by molar-refractivity contribution is 0.276. The predicted molar refractivity (Wildman–Crippen MR) is 130 cm³/mol. The van der Waals surface area contributed by atoms with E-state index in [-0.39, 0.29) is 18.7 Å². The molecule has 0 saturated carbocycles. The molecule has 0 radical (unpaired) electrons. The first kappa shape index (κ1) is 21.7. The van der Waals surface area contributed by atoms with E-state index in [1.165, 1.54) is 5.56 Å². The summed E-state index contributed by atoms with van der Waals surface area (Å²) in [5.41, 5.74) is 12.1. The van der Waals surface area contributed by atoms with Crippen LogP contribution in [0.1, 0.15) is 61.6 Å². The van der Waals surface area contributed by atoms with Crippen LogP contribution in [0.3, 0.4) is 0 Å². The van der Waals surface area contributed by atoms with Crippen molar-refractivity contribution in [3.63, 3.8) is 0 Å². The van der Waals surface area contributed by atoms with Gasteiger partial charge in [0, 0.05) is 23.0 Å². The number of pyridine rings is 2. The highest BCUT2D eigenvalue weighted by Crippen LogP contribution is 2.35. The molecule has 4 heterocycles. The molecule has 4 aromatic rings. The molecule has 0 amide bonds. The molecular weight excluding hydrogens is 412 g/mol. The summed E-state index contributed by atoms with van der Waals surface area (Å²) in [7, 11) is 0. The smallest absolute Gasteiger partial charge is 0.154 e. The summed E-state index contributed by atoms with van der Waals surface area (Å²) in [5.74, 6) is 0.686. The van der Waals surface area contributed by atoms with Gasteiger partial charge in [0.15, 0.2) is 5.82 Å². The Hall–Kier alpha value is -3.13. The molecule has 3 aromatic heterocycles. The molecule has 1 fully saturated rings. The summed E-state index contributed by atoms with van der Waals surface area (Å²) in [5, 5.41) is 19.0. The van der Waals surface area contributed by atoms with Crippen molar-refractivity contribution in [3.8, 4) is 17.1 Å². The van der Waals surface area contributed by atoms with Gasteiger partial charge in [0.1, 0.15) is 0 Å². The van der Waals surface area contributed by atoms with E-state index in [2.05, 4.69) is 34.5 Å². The molecule has 2 atom stereocenters. The van der Waals surface area contributed by atoms with Crippen LogP contribution in [0.25, 0.3) is 28.0 Å². The third-order valence-corrected chi connectivity index (χ3v) is 6.37. The van der Waals surface area contributed by atoms with Crippen LogP contribution in [0.5, 0.6) is 0 Å². The Bertz CT molecular complexity index is 1260. The van der Waals surface area contributed by atoms with E-state index in [4.69, 9.17) is 10.7 Å². The molecule has 1 unspecified atom stereocenters. The number of aliphatic hydroxyl groups is 1. The molecule has 1 aliphatic heterocycles. The van der Waals surface area contributed by atoms with E-state index < -0.39 is 0 Å². The summed E-state index contributed by atoms with van der Waals surface area (Å²) in [6, 6.07) is 16.3. The molecule has 0 bridgehead atoms. The largest absolute Gasteiger partial charge is 0.390 e. The zero-order valence-corrected chi connectivity index (χ0v) is 18.9. The number of fused-ring (bicyclic) bond motifs is 1. The number of aromatic nitrogens is 4. The van der Waals surface area contributed by atoms with Crippen molar-refractivity contribution in [2.75, 3.05) is 6.54 Å². The molecule has 5 rings (SSSR count). The van der Waals surface area contributed by atoms with Crippen molar-refractivity contribution >= 4 is 10.9 Å². The van der Waals surface area contributed by atoms with E-state index in [1.54, 1.807) is 0 Å². The zero-order valence-electron chi connectivity index (χ0n) is 18.9. The number of nitrogens with zero attached hydrogens (tertiary/aromatic N) is 4. The Morgan fingerprint density at radius 3 is 2.85 bits per heavy atom. The van der Waals surface area contributed by atoms with Crippen molar-refractivity contribution in [1.82, 2.24) is 25.1 Å². The Labute approximate surface area is 193 Å². The van der Waals surface area contributed by atoms with Crippen LogP contribution < -0.4 is 11.1 Å². The second-order valence-corrected chi connectivity index (χ2v) is 8.69. The van der Waals surface area contributed by atoms with Crippen LogP contribution in [0.2, 0.25) is 0 Å². The highest BCUT2D eigenvalue weighted by molar-refractivity contribution is 5.88. The Morgan fingerprint density at radius 2 is 2.06 bits per heavy atom. The molecule has 33 heavy (non-hydrogen) atoms. The maximum Gasteiger partial charge on any atom is 0.154 e. The van der Waals surface area contributed by atoms with Crippen molar-refractivity contribution in [1.29, 1.82) is 0 Å². The fourth-order valence-corrected chi connectivity index (χ4v) is 4.67. The summed E-state index contributed by atoms with van der Waals surface area (Å²) < 4.78 is 1.85. The van der Waals surface area contributed by atoms with E-state index in [9.17, 15) is 5.11 Å². The Kier molecular flexibility index (Phi) is 6.17. The predicted octanol–water partition coefficient (Wildman–Crippen LogP) is 4.20. The maximum atomic E-state index is 9.54. The Balaban J connectivity index is 1.67. The van der Waals surface area contributed by atoms with Gasteiger partial charge in [0.2, 0.25) is 0 Å². The zero-order chi connectivity index (χ0) is 22.8. The maximum absolute atomic E-state index is 9.54. The topological polar surface area (TPSA) is 102 Å². The van der Waals surface area contributed by atoms with Crippen molar-refractivity contribution in [3.05, 3.63) is 71.7 Å². The Morgan fingerprint density at radius 1 is 1.18 bits per heavy atom. The van der Waals surface area contributed by atoms with Crippen LogP contribution in [-0.2, 0) is 6.61 Å². The van der Waals surface area contributed by atoms with E-state index in [0.717, 1.165) is 60.1 Å². The number of nitrogens with two attached hydrogens (primary N) is 1. The minimum atomic E-state index is -0.107. The average molecular weight is 443 g/mol. The van der Waals surface area contributed by atoms with Crippen molar-refractivity contribution in [2.45, 2.75) is 51.3 Å². The summed E-state index contributed by atoms with van der Waals surface area (Å²) in [4.78, 5) is 9.50. The number of nitrogens with one attached hydrogen (secondary N) is 1. The molecule has 7 heteroatoms. The third-order valence-electron chi connectivity index (χ3n) is 6.37. The first-order valence-corrected chi connectivity index (χ1v) is 11.7. The van der Waals surface area contributed by atoms with E-state index >= 15 is 0 Å². The fraction of sp³-hybridized carbons (Fsp3) is 0.346. The first-order valence-electron chi connectivity index (χ1n) is 11.7. The van der Waals surface area contributed by atoms with E-state index in [1.807, 2.05) is 47.3 Å². The fourth-order valence-electron chi connectivity index (χ4n) is 4.67. The van der Waals surface area contributed by atoms with Gasteiger partial charge in [-0.15, -0.1) is 0 Å². The van der Waals surface area contributed by atoms with Crippen LogP contribution in [0.15, 0.2) is 54.7 Å². The number of aliphatic hydroxyl groups excluding tert-OH is 1. The average Bonchev–Trinajstić information content (AvgIpc) is 3.54. The lowest BCUT2D eigenvalue weighted by atomic mass is 9.97. The second kappa shape index (κ2) is 9.39. The lowest BCUT2D eigenvalue weighted by Gasteiger charge is -2.16. The van der Waals surface area contributed by atoms with Gasteiger partial charge in [-0.2, -0.15) is 5.10 Å². The molecule has 0 spiro atoms. The summed E-state index contributed by atoms with van der Waals surface area (Å²) in [6.45, 7) is 3.05. The van der Waals surface area contributed by atoms with Crippen LogP contribution in [-0.4, -0.2) is 31.4 Å². The second-order valence-electron chi connectivity index (χ2n) is 8.69. The molecule has 0 aliphatic carbocycles. The number of hydrogen-bond donors (Lipinski definition) is 3.